The van der Waals surface area contributed by atoms with Gasteiger partial charge < -0.3 is 9.84 Å². The van der Waals surface area contributed by atoms with Crippen molar-refractivity contribution in [3.8, 4) is 0 Å². The topological polar surface area (TPSA) is 46.5 Å². The molecular formula is C7H14O3. The summed E-state index contributed by atoms with van der Waals surface area (Å²) < 4.78 is 4.81. The molecular weight excluding hydrogens is 132 g/mol. The van der Waals surface area contributed by atoms with Gasteiger partial charge in [-0.15, -0.1) is 0 Å². The van der Waals surface area contributed by atoms with E-state index in [1.54, 1.807) is 0 Å². The van der Waals surface area contributed by atoms with Gasteiger partial charge >= 0.3 is 5.97 Å². The van der Waals surface area contributed by atoms with E-state index in [4.69, 9.17) is 9.84 Å². The van der Waals surface area contributed by atoms with Gasteiger partial charge in [-0.1, -0.05) is 13.8 Å². The summed E-state index contributed by atoms with van der Waals surface area (Å²) >= 11 is 0. The highest BCUT2D eigenvalue weighted by molar-refractivity contribution is 5.72. The first-order valence-electron chi connectivity index (χ1n) is 3.65. The Morgan fingerprint density at radius 2 is 2.20 bits per heavy atom. The van der Waals surface area contributed by atoms with Gasteiger partial charge in [0.2, 0.25) is 0 Å². The Bertz CT molecular complexity index is 95.0. The zero-order chi connectivity index (χ0) is 7.98. The van der Waals surface area contributed by atoms with Crippen molar-refractivity contribution in [3.05, 3.63) is 0 Å². The molecule has 60 valence electrons. The van der Waals surface area contributed by atoms with Gasteiger partial charge in [0.1, 0.15) is 0 Å². The van der Waals surface area contributed by atoms with Gasteiger partial charge in [0.05, 0.1) is 0 Å². The van der Waals surface area contributed by atoms with E-state index in [2.05, 4.69) is 0 Å². The number of rotatable bonds is 1. The average Bonchev–Trinajstić information content (AvgIpc) is 2.42. The molecule has 10 heavy (non-hydrogen) atoms. The van der Waals surface area contributed by atoms with Crippen LogP contribution in [0, 0.1) is 0 Å². The minimum Gasteiger partial charge on any atom is -0.479 e. The largest absolute Gasteiger partial charge is 0.479 e. The maximum absolute atomic E-state index is 10.1. The third kappa shape index (κ3) is 2.82. The van der Waals surface area contributed by atoms with Crippen LogP contribution in [0.1, 0.15) is 26.7 Å². The zero-order valence-electron chi connectivity index (χ0n) is 6.46. The predicted molar refractivity (Wildman–Crippen MR) is 38.0 cm³/mol. The second-order valence-corrected chi connectivity index (χ2v) is 1.84. The van der Waals surface area contributed by atoms with Crippen molar-refractivity contribution < 1.29 is 14.6 Å². The molecule has 0 radical (unpaired) electrons. The molecule has 3 heteroatoms. The van der Waals surface area contributed by atoms with Crippen molar-refractivity contribution in [2.24, 2.45) is 0 Å². The van der Waals surface area contributed by atoms with E-state index in [1.807, 2.05) is 13.8 Å². The van der Waals surface area contributed by atoms with Crippen molar-refractivity contribution in [1.29, 1.82) is 0 Å². The predicted octanol–water partition coefficient (Wildman–Crippen LogP) is 1.28. The lowest BCUT2D eigenvalue weighted by Crippen LogP contribution is -2.17. The molecule has 0 spiro atoms. The first-order chi connectivity index (χ1) is 4.80. The van der Waals surface area contributed by atoms with Crippen LogP contribution in [0.3, 0.4) is 0 Å². The molecule has 1 atom stereocenters. The van der Waals surface area contributed by atoms with E-state index >= 15 is 0 Å². The fourth-order valence-electron chi connectivity index (χ4n) is 0.772. The number of hydrogen-bond acceptors (Lipinski definition) is 2. The highest BCUT2D eigenvalue weighted by atomic mass is 16.5. The summed E-state index contributed by atoms with van der Waals surface area (Å²) in [6, 6.07) is 0. The van der Waals surface area contributed by atoms with Crippen LogP contribution in [-0.2, 0) is 9.53 Å². The summed E-state index contributed by atoms with van der Waals surface area (Å²) in [5.74, 6) is -0.831. The van der Waals surface area contributed by atoms with Crippen LogP contribution in [0.25, 0.3) is 0 Å². The highest BCUT2D eigenvalue weighted by Crippen LogP contribution is 2.10. The Labute approximate surface area is 61.0 Å². The molecule has 1 saturated heterocycles. The standard InChI is InChI=1S/C5H8O3.C2H6/c6-5(7)4-2-1-3-8-4;1-2/h4H,1-3H2,(H,6,7);1-2H3/t4-;/m0./s1. The fourth-order valence-corrected chi connectivity index (χ4v) is 0.772. The van der Waals surface area contributed by atoms with Gasteiger partial charge in [0, 0.05) is 6.61 Å². The molecule has 1 rings (SSSR count). The molecule has 3 nitrogen and oxygen atoms in total. The van der Waals surface area contributed by atoms with Crippen LogP contribution in [-0.4, -0.2) is 23.8 Å². The molecule has 1 heterocycles. The third-order valence-electron chi connectivity index (χ3n) is 1.21. The molecule has 0 bridgehead atoms. The van der Waals surface area contributed by atoms with E-state index in [0.29, 0.717) is 13.0 Å². The van der Waals surface area contributed by atoms with Crippen LogP contribution < -0.4 is 0 Å². The molecule has 1 fully saturated rings. The van der Waals surface area contributed by atoms with Gasteiger partial charge in [-0.25, -0.2) is 4.79 Å². The van der Waals surface area contributed by atoms with Crippen LogP contribution in [0.2, 0.25) is 0 Å². The second kappa shape index (κ2) is 5.23. The summed E-state index contributed by atoms with van der Waals surface area (Å²) in [5.41, 5.74) is 0. The lowest BCUT2D eigenvalue weighted by molar-refractivity contribution is -0.147. The minimum absolute atomic E-state index is 0.519. The van der Waals surface area contributed by atoms with Crippen LogP contribution in [0.15, 0.2) is 0 Å². The number of carbonyl (C=O) groups is 1. The smallest absolute Gasteiger partial charge is 0.332 e. The van der Waals surface area contributed by atoms with E-state index < -0.39 is 12.1 Å². The van der Waals surface area contributed by atoms with E-state index in [1.165, 1.54) is 0 Å². The van der Waals surface area contributed by atoms with Gasteiger partial charge in [-0.2, -0.15) is 0 Å². The summed E-state index contributed by atoms with van der Waals surface area (Å²) in [6.45, 7) is 4.61. The molecule has 0 unspecified atom stereocenters. The van der Waals surface area contributed by atoms with E-state index in [0.717, 1.165) is 6.42 Å². The number of carboxylic acids is 1. The Morgan fingerprint density at radius 3 is 2.40 bits per heavy atom. The summed E-state index contributed by atoms with van der Waals surface area (Å²) in [7, 11) is 0. The molecule has 1 N–H and O–H groups in total. The van der Waals surface area contributed by atoms with Crippen molar-refractivity contribution in [1.82, 2.24) is 0 Å². The molecule has 0 amide bonds. The van der Waals surface area contributed by atoms with Crippen LogP contribution in [0.4, 0.5) is 0 Å². The lowest BCUT2D eigenvalue weighted by atomic mass is 10.2. The molecule has 1 aliphatic heterocycles. The van der Waals surface area contributed by atoms with Crippen molar-refractivity contribution in [2.45, 2.75) is 32.8 Å². The Hall–Kier alpha value is -0.570. The van der Waals surface area contributed by atoms with Crippen LogP contribution >= 0.6 is 0 Å². The van der Waals surface area contributed by atoms with Gasteiger partial charge in [0.15, 0.2) is 6.10 Å². The Balaban J connectivity index is 0.000000371. The van der Waals surface area contributed by atoms with Gasteiger partial charge in [0.25, 0.3) is 0 Å². The molecule has 0 aromatic heterocycles. The first kappa shape index (κ1) is 9.43. The van der Waals surface area contributed by atoms with Crippen LogP contribution in [0.5, 0.6) is 0 Å². The SMILES string of the molecule is CC.O=C(O)[C@@H]1CCCO1. The molecule has 1 aliphatic rings. The second-order valence-electron chi connectivity index (χ2n) is 1.84. The van der Waals surface area contributed by atoms with Crippen molar-refractivity contribution in [2.75, 3.05) is 6.61 Å². The highest BCUT2D eigenvalue weighted by Gasteiger charge is 2.21. The number of carboxylic acid groups (broad SMARTS) is 1. The summed E-state index contributed by atoms with van der Waals surface area (Å²) in [4.78, 5) is 10.1. The minimum atomic E-state index is -0.831. The maximum atomic E-state index is 10.1. The lowest BCUT2D eigenvalue weighted by Gasteiger charge is -1.98. The fraction of sp³-hybridized carbons (Fsp3) is 0.857. The molecule has 0 aliphatic carbocycles. The Kier molecular flexibility index (Phi) is 4.94. The van der Waals surface area contributed by atoms with Gasteiger partial charge in [-0.3, -0.25) is 0 Å². The molecule has 0 aromatic carbocycles. The summed E-state index contributed by atoms with van der Waals surface area (Å²) in [5, 5.41) is 8.29. The molecule has 0 saturated carbocycles. The molecule has 0 aromatic rings. The zero-order valence-corrected chi connectivity index (χ0v) is 6.46. The quantitative estimate of drug-likeness (QED) is 0.606. The Morgan fingerprint density at radius 1 is 1.60 bits per heavy atom. The maximum Gasteiger partial charge on any atom is 0.332 e. The van der Waals surface area contributed by atoms with E-state index in [9.17, 15) is 4.79 Å². The van der Waals surface area contributed by atoms with E-state index in [-0.39, 0.29) is 0 Å². The number of ether oxygens (including phenoxy) is 1. The number of hydrogen-bond donors (Lipinski definition) is 1. The van der Waals surface area contributed by atoms with Crippen molar-refractivity contribution in [3.63, 3.8) is 0 Å². The third-order valence-corrected chi connectivity index (χ3v) is 1.21. The normalized spacial score (nSPS) is 23.2. The summed E-state index contributed by atoms with van der Waals surface area (Å²) in [6.07, 6.45) is 1.04. The monoisotopic (exact) mass is 146 g/mol. The van der Waals surface area contributed by atoms with Gasteiger partial charge in [-0.05, 0) is 12.8 Å². The van der Waals surface area contributed by atoms with Crippen molar-refractivity contribution >= 4 is 5.97 Å². The first-order valence-corrected chi connectivity index (χ1v) is 3.65. The average molecular weight is 146 g/mol. The number of aliphatic carboxylic acids is 1.